The van der Waals surface area contributed by atoms with Crippen LogP contribution in [-0.4, -0.2) is 36.8 Å². The van der Waals surface area contributed by atoms with Crippen molar-refractivity contribution < 1.29 is 8.42 Å². The second-order valence-electron chi connectivity index (χ2n) is 5.27. The molecule has 1 aromatic rings. The molecule has 6 heteroatoms. The molecule has 0 saturated heterocycles. The molecule has 106 valence electrons. The topological polar surface area (TPSA) is 62.3 Å². The smallest absolute Gasteiger partial charge is 0.260 e. The van der Waals surface area contributed by atoms with E-state index in [0.717, 1.165) is 12.1 Å². The first-order chi connectivity index (χ1) is 8.91. The fourth-order valence-electron chi connectivity index (χ4n) is 1.64. The molecule has 0 atom stereocenters. The highest BCUT2D eigenvalue weighted by Gasteiger charge is 2.24. The van der Waals surface area contributed by atoms with Crippen LogP contribution in [-0.2, 0) is 16.6 Å². The van der Waals surface area contributed by atoms with Crippen LogP contribution in [0.1, 0.15) is 32.3 Å². The number of pyridine rings is 1. The molecule has 1 aliphatic carbocycles. The molecule has 5 nitrogen and oxygen atoms in total. The van der Waals surface area contributed by atoms with Crippen LogP contribution in [0.3, 0.4) is 0 Å². The Balaban J connectivity index is 2.08. The van der Waals surface area contributed by atoms with Crippen molar-refractivity contribution in [1.82, 2.24) is 14.6 Å². The highest BCUT2D eigenvalue weighted by Crippen LogP contribution is 2.19. The second kappa shape index (κ2) is 5.56. The van der Waals surface area contributed by atoms with Gasteiger partial charge in [0, 0.05) is 31.9 Å². The number of hydrogen-bond donors (Lipinski definition) is 1. The Hall–Kier alpha value is -0.980. The average Bonchev–Trinajstić information content (AvgIpc) is 3.19. The molecule has 19 heavy (non-hydrogen) atoms. The first-order valence-corrected chi connectivity index (χ1v) is 8.01. The van der Waals surface area contributed by atoms with Crippen molar-refractivity contribution in [2.24, 2.45) is 0 Å². The summed E-state index contributed by atoms with van der Waals surface area (Å²) in [4.78, 5) is 4.08. The molecule has 1 heterocycles. The minimum absolute atomic E-state index is 0.0805. The summed E-state index contributed by atoms with van der Waals surface area (Å²) in [5.41, 5.74) is 1.01. The van der Waals surface area contributed by atoms with Gasteiger partial charge in [-0.1, -0.05) is 6.07 Å². The van der Waals surface area contributed by atoms with Gasteiger partial charge in [-0.05, 0) is 38.3 Å². The van der Waals surface area contributed by atoms with E-state index in [-0.39, 0.29) is 11.1 Å². The zero-order valence-corrected chi connectivity index (χ0v) is 12.4. The normalized spacial score (nSPS) is 16.3. The van der Waals surface area contributed by atoms with Crippen molar-refractivity contribution in [1.29, 1.82) is 0 Å². The Morgan fingerprint density at radius 2 is 2.11 bits per heavy atom. The fourth-order valence-corrected chi connectivity index (χ4v) is 2.92. The number of nitrogens with one attached hydrogen (secondary N) is 1. The monoisotopic (exact) mass is 283 g/mol. The Morgan fingerprint density at radius 1 is 1.42 bits per heavy atom. The quantitative estimate of drug-likeness (QED) is 0.856. The molecule has 1 aliphatic rings. The summed E-state index contributed by atoms with van der Waals surface area (Å²) >= 11 is 0. The lowest BCUT2D eigenvalue weighted by atomic mass is 10.3. The number of nitrogens with zero attached hydrogens (tertiary/aromatic N) is 2. The largest absolute Gasteiger partial charge is 0.310 e. The van der Waals surface area contributed by atoms with Crippen molar-refractivity contribution in [2.45, 2.75) is 50.3 Å². The number of hydrogen-bond acceptors (Lipinski definition) is 4. The molecule has 1 N–H and O–H groups in total. The van der Waals surface area contributed by atoms with E-state index in [1.807, 2.05) is 19.9 Å². The molecule has 0 spiro atoms. The molecule has 1 fully saturated rings. The summed E-state index contributed by atoms with van der Waals surface area (Å²) in [6.45, 7) is 4.43. The van der Waals surface area contributed by atoms with Crippen LogP contribution < -0.4 is 5.32 Å². The van der Waals surface area contributed by atoms with E-state index in [9.17, 15) is 8.42 Å². The molecule has 0 unspecified atom stereocenters. The Bertz CT molecular complexity index is 521. The minimum Gasteiger partial charge on any atom is -0.310 e. The van der Waals surface area contributed by atoms with Gasteiger partial charge in [-0.2, -0.15) is 4.31 Å². The van der Waals surface area contributed by atoms with Crippen LogP contribution in [0.25, 0.3) is 0 Å². The van der Waals surface area contributed by atoms with E-state index in [1.54, 1.807) is 19.3 Å². The maximum Gasteiger partial charge on any atom is 0.260 e. The van der Waals surface area contributed by atoms with Crippen molar-refractivity contribution in [2.75, 3.05) is 7.05 Å². The maximum atomic E-state index is 12.2. The van der Waals surface area contributed by atoms with Crippen LogP contribution >= 0.6 is 0 Å². The third kappa shape index (κ3) is 3.52. The van der Waals surface area contributed by atoms with Crippen LogP contribution in [0.15, 0.2) is 23.4 Å². The fraction of sp³-hybridized carbons (Fsp3) is 0.615. The highest BCUT2D eigenvalue weighted by molar-refractivity contribution is 7.89. The van der Waals surface area contributed by atoms with E-state index in [1.165, 1.54) is 17.1 Å². The minimum atomic E-state index is -3.47. The number of aromatic nitrogens is 1. The summed E-state index contributed by atoms with van der Waals surface area (Å²) in [7, 11) is -1.90. The van der Waals surface area contributed by atoms with Gasteiger partial charge in [-0.25, -0.2) is 13.4 Å². The predicted octanol–water partition coefficient (Wildman–Crippen LogP) is 1.36. The third-order valence-corrected chi connectivity index (χ3v) is 5.29. The standard InChI is InChI=1S/C13H21N3O2S/c1-10(2)16(3)19(17,18)13-7-4-11(9-15-13)8-14-12-5-6-12/h4,7,9-10,12,14H,5-6,8H2,1-3H3. The van der Waals surface area contributed by atoms with Crippen molar-refractivity contribution in [3.05, 3.63) is 23.9 Å². The molecule has 0 aromatic carbocycles. The zero-order chi connectivity index (χ0) is 14.0. The molecule has 0 amide bonds. The zero-order valence-electron chi connectivity index (χ0n) is 11.6. The molecule has 1 saturated carbocycles. The van der Waals surface area contributed by atoms with Crippen LogP contribution in [0.4, 0.5) is 0 Å². The van der Waals surface area contributed by atoms with Gasteiger partial charge < -0.3 is 5.32 Å². The summed E-state index contributed by atoms with van der Waals surface area (Å²) < 4.78 is 25.7. The van der Waals surface area contributed by atoms with Crippen LogP contribution in [0.2, 0.25) is 0 Å². The van der Waals surface area contributed by atoms with Gasteiger partial charge >= 0.3 is 0 Å². The Kier molecular flexibility index (Phi) is 4.23. The van der Waals surface area contributed by atoms with E-state index in [4.69, 9.17) is 0 Å². The van der Waals surface area contributed by atoms with Crippen molar-refractivity contribution >= 4 is 10.0 Å². The van der Waals surface area contributed by atoms with Gasteiger partial charge in [0.2, 0.25) is 0 Å². The number of sulfonamides is 1. The molecule has 0 radical (unpaired) electrons. The lowest BCUT2D eigenvalue weighted by Crippen LogP contribution is -2.33. The highest BCUT2D eigenvalue weighted by atomic mass is 32.2. The van der Waals surface area contributed by atoms with Gasteiger partial charge in [0.05, 0.1) is 0 Å². The van der Waals surface area contributed by atoms with Gasteiger partial charge in [0.15, 0.2) is 5.03 Å². The van der Waals surface area contributed by atoms with Crippen LogP contribution in [0, 0.1) is 0 Å². The summed E-state index contributed by atoms with van der Waals surface area (Å²) in [6.07, 6.45) is 4.11. The first-order valence-electron chi connectivity index (χ1n) is 6.57. The second-order valence-corrected chi connectivity index (χ2v) is 7.22. The average molecular weight is 283 g/mol. The van der Waals surface area contributed by atoms with Gasteiger partial charge in [0.1, 0.15) is 0 Å². The summed E-state index contributed by atoms with van der Waals surface area (Å²) in [5.74, 6) is 0. The number of rotatable bonds is 6. The van der Waals surface area contributed by atoms with E-state index in [0.29, 0.717) is 6.04 Å². The SMILES string of the molecule is CC(C)N(C)S(=O)(=O)c1ccc(CNC2CC2)cn1. The molecule has 1 aromatic heterocycles. The Morgan fingerprint density at radius 3 is 2.58 bits per heavy atom. The molecule has 0 bridgehead atoms. The lowest BCUT2D eigenvalue weighted by Gasteiger charge is -2.20. The van der Waals surface area contributed by atoms with Crippen LogP contribution in [0.5, 0.6) is 0 Å². The Labute approximate surface area is 115 Å². The predicted molar refractivity (Wildman–Crippen MR) is 74.2 cm³/mol. The molecular weight excluding hydrogens is 262 g/mol. The first kappa shape index (κ1) is 14.4. The van der Waals surface area contributed by atoms with Gasteiger partial charge in [-0.15, -0.1) is 0 Å². The third-order valence-electron chi connectivity index (χ3n) is 3.34. The van der Waals surface area contributed by atoms with E-state index < -0.39 is 10.0 Å². The molecule has 0 aliphatic heterocycles. The maximum absolute atomic E-state index is 12.2. The van der Waals surface area contributed by atoms with Crippen molar-refractivity contribution in [3.8, 4) is 0 Å². The van der Waals surface area contributed by atoms with Crippen molar-refractivity contribution in [3.63, 3.8) is 0 Å². The molecule has 2 rings (SSSR count). The van der Waals surface area contributed by atoms with E-state index in [2.05, 4.69) is 10.3 Å². The molecular formula is C13H21N3O2S. The summed E-state index contributed by atoms with van der Waals surface area (Å²) in [5, 5.41) is 3.48. The summed E-state index contributed by atoms with van der Waals surface area (Å²) in [6, 6.07) is 3.96. The van der Waals surface area contributed by atoms with Gasteiger partial charge in [0.25, 0.3) is 10.0 Å². The van der Waals surface area contributed by atoms with Gasteiger partial charge in [-0.3, -0.25) is 0 Å². The van der Waals surface area contributed by atoms with E-state index >= 15 is 0 Å². The lowest BCUT2D eigenvalue weighted by molar-refractivity contribution is 0.408.